The van der Waals surface area contributed by atoms with Gasteiger partial charge in [-0.2, -0.15) is 5.10 Å². The second-order valence-corrected chi connectivity index (χ2v) is 7.91. The maximum absolute atomic E-state index is 14.2. The molecule has 7 nitrogen and oxygen atoms in total. The van der Waals surface area contributed by atoms with Crippen molar-refractivity contribution < 1.29 is 9.13 Å². The smallest absolute Gasteiger partial charge is 0.157 e. The summed E-state index contributed by atoms with van der Waals surface area (Å²) in [6.07, 6.45) is 3.69. The van der Waals surface area contributed by atoms with Gasteiger partial charge in [0.05, 0.1) is 25.0 Å². The van der Waals surface area contributed by atoms with Crippen molar-refractivity contribution in [2.45, 2.75) is 44.3 Å². The summed E-state index contributed by atoms with van der Waals surface area (Å²) < 4.78 is 21.6. The second kappa shape index (κ2) is 7.26. The molecule has 0 bridgehead atoms. The van der Waals surface area contributed by atoms with Gasteiger partial charge in [-0.15, -0.1) is 0 Å². The van der Waals surface area contributed by atoms with Crippen molar-refractivity contribution in [3.8, 4) is 17.1 Å². The lowest BCUT2D eigenvalue weighted by atomic mass is 10.1. The average Bonchev–Trinajstić information content (AvgIpc) is 3.50. The van der Waals surface area contributed by atoms with E-state index in [-0.39, 0.29) is 6.04 Å². The molecular formula is C21H25FN6O. The monoisotopic (exact) mass is 396 g/mol. The predicted octanol–water partition coefficient (Wildman–Crippen LogP) is 3.10. The normalized spacial score (nSPS) is 22.0. The van der Waals surface area contributed by atoms with Gasteiger partial charge in [-0.25, -0.2) is 18.9 Å². The highest BCUT2D eigenvalue weighted by Crippen LogP contribution is 2.43. The van der Waals surface area contributed by atoms with Gasteiger partial charge in [-0.3, -0.25) is 0 Å². The van der Waals surface area contributed by atoms with Crippen LogP contribution in [0.25, 0.3) is 17.0 Å². The molecule has 4 heterocycles. The van der Waals surface area contributed by atoms with Crippen molar-refractivity contribution >= 4 is 11.5 Å². The van der Waals surface area contributed by atoms with Crippen molar-refractivity contribution in [3.05, 3.63) is 35.7 Å². The van der Waals surface area contributed by atoms with E-state index >= 15 is 0 Å². The van der Waals surface area contributed by atoms with E-state index in [9.17, 15) is 4.39 Å². The highest BCUT2D eigenvalue weighted by atomic mass is 19.1. The molecule has 3 aromatic heterocycles. The van der Waals surface area contributed by atoms with Gasteiger partial charge in [0.15, 0.2) is 5.65 Å². The molecule has 0 amide bonds. The summed E-state index contributed by atoms with van der Waals surface area (Å²) in [5.41, 5.74) is 4.33. The third-order valence-electron chi connectivity index (χ3n) is 5.74. The van der Waals surface area contributed by atoms with Gasteiger partial charge >= 0.3 is 0 Å². The summed E-state index contributed by atoms with van der Waals surface area (Å²) in [4.78, 5) is 9.30. The first-order valence-electron chi connectivity index (χ1n) is 10.2. The molecule has 2 atom stereocenters. The number of nitrogens with zero attached hydrogens (tertiary/aromatic N) is 4. The lowest BCUT2D eigenvalue weighted by Crippen LogP contribution is -2.46. The zero-order valence-corrected chi connectivity index (χ0v) is 16.7. The van der Waals surface area contributed by atoms with Crippen LogP contribution >= 0.6 is 0 Å². The Labute approximate surface area is 168 Å². The summed E-state index contributed by atoms with van der Waals surface area (Å²) in [6.45, 7) is 3.32. The molecule has 3 aromatic rings. The Morgan fingerprint density at radius 3 is 2.90 bits per heavy atom. The van der Waals surface area contributed by atoms with E-state index in [0.29, 0.717) is 31.2 Å². The first kappa shape index (κ1) is 18.3. The van der Waals surface area contributed by atoms with Crippen molar-refractivity contribution in [2.75, 3.05) is 25.5 Å². The minimum atomic E-state index is -0.881. The number of methoxy groups -OCH3 is 1. The van der Waals surface area contributed by atoms with Crippen molar-refractivity contribution in [3.63, 3.8) is 0 Å². The summed E-state index contributed by atoms with van der Waals surface area (Å²) >= 11 is 0. The third kappa shape index (κ3) is 3.42. The number of ether oxygens (including phenoxy) is 1. The maximum Gasteiger partial charge on any atom is 0.157 e. The number of piperidine rings is 1. The molecule has 1 saturated heterocycles. The summed E-state index contributed by atoms with van der Waals surface area (Å²) in [5.74, 6) is 1.90. The van der Waals surface area contributed by atoms with Crippen molar-refractivity contribution in [1.82, 2.24) is 24.9 Å². The maximum atomic E-state index is 14.2. The van der Waals surface area contributed by atoms with Gasteiger partial charge in [0.1, 0.15) is 29.1 Å². The summed E-state index contributed by atoms with van der Waals surface area (Å²) in [6, 6.07) is 5.55. The lowest BCUT2D eigenvalue weighted by Gasteiger charge is -2.28. The van der Waals surface area contributed by atoms with Crippen LogP contribution in [0, 0.1) is 6.92 Å². The van der Waals surface area contributed by atoms with Crippen LogP contribution in [0.4, 0.5) is 10.2 Å². The number of hydrogen-bond donors (Lipinski definition) is 2. The Bertz CT molecular complexity index is 1050. The van der Waals surface area contributed by atoms with E-state index in [1.807, 2.05) is 29.6 Å². The van der Waals surface area contributed by atoms with Crippen LogP contribution < -0.4 is 15.4 Å². The van der Waals surface area contributed by atoms with E-state index in [2.05, 4.69) is 15.6 Å². The number of hydrogen-bond acceptors (Lipinski definition) is 6. The van der Waals surface area contributed by atoms with Gasteiger partial charge in [-0.1, -0.05) is 6.07 Å². The molecule has 29 heavy (non-hydrogen) atoms. The van der Waals surface area contributed by atoms with Crippen molar-refractivity contribution in [1.29, 1.82) is 0 Å². The predicted molar refractivity (Wildman–Crippen MR) is 109 cm³/mol. The Kier molecular flexibility index (Phi) is 4.58. The van der Waals surface area contributed by atoms with Crippen LogP contribution in [-0.2, 0) is 0 Å². The van der Waals surface area contributed by atoms with Gasteiger partial charge < -0.3 is 15.4 Å². The Balaban J connectivity index is 1.53. The van der Waals surface area contributed by atoms with Gasteiger partial charge in [0.25, 0.3) is 0 Å². The first-order valence-corrected chi connectivity index (χ1v) is 10.2. The van der Waals surface area contributed by atoms with Crippen LogP contribution in [0.3, 0.4) is 0 Å². The fourth-order valence-corrected chi connectivity index (χ4v) is 3.90. The first-order chi connectivity index (χ1) is 14.1. The number of imidazole rings is 1. The number of aromatic nitrogens is 4. The lowest BCUT2D eigenvalue weighted by molar-refractivity contribution is 0.241. The molecule has 0 aromatic carbocycles. The largest absolute Gasteiger partial charge is 0.495 e. The molecule has 152 valence electrons. The van der Waals surface area contributed by atoms with Crippen LogP contribution in [0.2, 0.25) is 0 Å². The molecular weight excluding hydrogens is 371 g/mol. The van der Waals surface area contributed by atoms with Gasteiger partial charge in [-0.05, 0) is 44.4 Å². The van der Waals surface area contributed by atoms with E-state index < -0.39 is 6.17 Å². The highest BCUT2D eigenvalue weighted by molar-refractivity contribution is 5.65. The van der Waals surface area contributed by atoms with Crippen LogP contribution in [0.15, 0.2) is 24.4 Å². The number of fused-ring (bicyclic) bond motifs is 1. The molecule has 1 aliphatic heterocycles. The Morgan fingerprint density at radius 1 is 1.28 bits per heavy atom. The molecule has 0 radical (unpaired) electrons. The minimum Gasteiger partial charge on any atom is -0.495 e. The molecule has 1 unspecified atom stereocenters. The van der Waals surface area contributed by atoms with Gasteiger partial charge in [0.2, 0.25) is 0 Å². The SMILES string of the molecule is COc1cc2ncc(-c3nc(NC4CNCC[C@H]4F)ccc3C)n2nc1C1CC1. The Morgan fingerprint density at radius 2 is 2.14 bits per heavy atom. The Hall–Kier alpha value is -2.74. The standard InChI is InChI=1S/C21H25FN6O/c1-12-3-6-18(25-15-10-23-8-7-14(15)22)26-20(12)16-11-24-19-9-17(29-2)21(13-4-5-13)27-28(16)19/h3,6,9,11,13-15,23H,4-5,7-8,10H2,1-2H3,(H,25,26)/t14-,15?/m1/s1. The van der Waals surface area contributed by atoms with Gasteiger partial charge in [0, 0.05) is 18.5 Å². The minimum absolute atomic E-state index is 0.280. The van der Waals surface area contributed by atoms with Crippen LogP contribution in [0.1, 0.15) is 36.4 Å². The molecule has 1 aliphatic carbocycles. The van der Waals surface area contributed by atoms with Crippen LogP contribution in [-0.4, -0.2) is 52.0 Å². The van der Waals surface area contributed by atoms with Crippen LogP contribution in [0.5, 0.6) is 5.75 Å². The molecule has 2 fully saturated rings. The topological polar surface area (TPSA) is 76.4 Å². The summed E-state index contributed by atoms with van der Waals surface area (Å²) in [5, 5.41) is 11.3. The molecule has 2 N–H and O–H groups in total. The molecule has 2 aliphatic rings. The number of pyridine rings is 1. The highest BCUT2D eigenvalue weighted by Gasteiger charge is 2.30. The quantitative estimate of drug-likeness (QED) is 0.690. The number of alkyl halides is 1. The molecule has 5 rings (SSSR count). The fraction of sp³-hybridized carbons (Fsp3) is 0.476. The van der Waals surface area contributed by atoms with E-state index in [4.69, 9.17) is 14.8 Å². The summed E-state index contributed by atoms with van der Waals surface area (Å²) in [7, 11) is 1.67. The fourth-order valence-electron chi connectivity index (χ4n) is 3.90. The van der Waals surface area contributed by atoms with E-state index in [0.717, 1.165) is 46.9 Å². The number of rotatable bonds is 5. The zero-order valence-electron chi connectivity index (χ0n) is 16.7. The number of halogens is 1. The average molecular weight is 396 g/mol. The number of anilines is 1. The molecule has 1 saturated carbocycles. The zero-order chi connectivity index (χ0) is 20.0. The third-order valence-corrected chi connectivity index (χ3v) is 5.74. The van der Waals surface area contributed by atoms with E-state index in [1.54, 1.807) is 13.3 Å². The van der Waals surface area contributed by atoms with E-state index in [1.165, 1.54) is 0 Å². The number of nitrogens with one attached hydrogen (secondary N) is 2. The van der Waals surface area contributed by atoms with Crippen molar-refractivity contribution in [2.24, 2.45) is 0 Å². The number of aryl methyl sites for hydroxylation is 1. The molecule has 8 heteroatoms. The second-order valence-electron chi connectivity index (χ2n) is 7.91. The molecule has 0 spiro atoms.